The Morgan fingerprint density at radius 3 is 3.00 bits per heavy atom. The normalized spacial score (nSPS) is 10.2. The van der Waals surface area contributed by atoms with E-state index in [1.165, 1.54) is 6.33 Å². The van der Waals surface area contributed by atoms with Crippen LogP contribution in [-0.4, -0.2) is 39.0 Å². The molecule has 80 valence electrons. The highest BCUT2D eigenvalue weighted by molar-refractivity contribution is 5.69. The molecule has 1 rings (SSSR count). The molecule has 1 aromatic heterocycles. The minimum absolute atomic E-state index is 0.0178. The maximum atomic E-state index is 10.6. The Morgan fingerprint density at radius 1 is 1.67 bits per heavy atom. The summed E-state index contributed by atoms with van der Waals surface area (Å²) in [5.41, 5.74) is 0.799. The summed E-state index contributed by atoms with van der Waals surface area (Å²) >= 11 is 0. The van der Waals surface area contributed by atoms with Crippen molar-refractivity contribution in [3.63, 3.8) is 0 Å². The molecule has 1 N–H and O–H groups in total. The molecule has 0 aliphatic carbocycles. The summed E-state index contributed by atoms with van der Waals surface area (Å²) in [6.45, 7) is 4.58. The number of carboxylic acid groups (broad SMARTS) is 1. The maximum absolute atomic E-state index is 10.6. The van der Waals surface area contributed by atoms with Crippen molar-refractivity contribution < 1.29 is 9.90 Å². The standard InChI is InChI=1S/C10H13N3O2/c1-2-5-13(7-10(14)15)6-9-3-4-11-8-12-9/h2-4,8H,1,5-7H2,(H,14,15). The number of rotatable bonds is 6. The van der Waals surface area contributed by atoms with Gasteiger partial charge in [0.05, 0.1) is 12.2 Å². The fourth-order valence-electron chi connectivity index (χ4n) is 1.20. The number of aromatic nitrogens is 2. The largest absolute Gasteiger partial charge is 0.480 e. The van der Waals surface area contributed by atoms with Gasteiger partial charge in [-0.15, -0.1) is 6.58 Å². The SMILES string of the molecule is C=CCN(CC(=O)O)Cc1ccncn1. The Labute approximate surface area is 88.1 Å². The summed E-state index contributed by atoms with van der Waals surface area (Å²) < 4.78 is 0. The van der Waals surface area contributed by atoms with Crippen molar-refractivity contribution in [1.29, 1.82) is 0 Å². The van der Waals surface area contributed by atoms with E-state index in [2.05, 4.69) is 16.5 Å². The van der Waals surface area contributed by atoms with E-state index in [0.29, 0.717) is 13.1 Å². The summed E-state index contributed by atoms with van der Waals surface area (Å²) in [6, 6.07) is 1.76. The fourth-order valence-corrected chi connectivity index (χ4v) is 1.20. The van der Waals surface area contributed by atoms with Gasteiger partial charge in [0.15, 0.2) is 0 Å². The van der Waals surface area contributed by atoms with Gasteiger partial charge < -0.3 is 5.11 Å². The lowest BCUT2D eigenvalue weighted by molar-refractivity contribution is -0.138. The average Bonchev–Trinajstić information content (AvgIpc) is 2.18. The van der Waals surface area contributed by atoms with E-state index < -0.39 is 5.97 Å². The predicted molar refractivity (Wildman–Crippen MR) is 55.1 cm³/mol. The van der Waals surface area contributed by atoms with Crippen LogP contribution < -0.4 is 0 Å². The highest BCUT2D eigenvalue weighted by atomic mass is 16.4. The van der Waals surface area contributed by atoms with Gasteiger partial charge in [-0.3, -0.25) is 9.69 Å². The molecule has 0 aromatic carbocycles. The molecule has 0 fully saturated rings. The van der Waals surface area contributed by atoms with Crippen molar-refractivity contribution in [2.75, 3.05) is 13.1 Å². The summed E-state index contributed by atoms with van der Waals surface area (Å²) in [4.78, 5) is 20.1. The van der Waals surface area contributed by atoms with E-state index in [1.54, 1.807) is 23.2 Å². The topological polar surface area (TPSA) is 66.3 Å². The van der Waals surface area contributed by atoms with E-state index in [1.807, 2.05) is 0 Å². The smallest absolute Gasteiger partial charge is 0.317 e. The first-order valence-corrected chi connectivity index (χ1v) is 4.52. The summed E-state index contributed by atoms with van der Waals surface area (Å²) in [5.74, 6) is -0.856. The first-order valence-electron chi connectivity index (χ1n) is 4.52. The van der Waals surface area contributed by atoms with Gasteiger partial charge >= 0.3 is 5.97 Å². The van der Waals surface area contributed by atoms with Crippen LogP contribution in [0, 0.1) is 0 Å². The summed E-state index contributed by atoms with van der Waals surface area (Å²) in [7, 11) is 0. The third-order valence-electron chi connectivity index (χ3n) is 1.77. The molecule has 0 bridgehead atoms. The number of hydrogen-bond donors (Lipinski definition) is 1. The second-order valence-corrected chi connectivity index (χ2v) is 3.05. The molecule has 1 aromatic rings. The molecule has 5 heteroatoms. The van der Waals surface area contributed by atoms with Gasteiger partial charge in [0.25, 0.3) is 0 Å². The molecule has 0 saturated heterocycles. The number of carboxylic acids is 1. The lowest BCUT2D eigenvalue weighted by Gasteiger charge is -2.17. The zero-order valence-corrected chi connectivity index (χ0v) is 8.33. The lowest BCUT2D eigenvalue weighted by Crippen LogP contribution is -2.29. The number of carbonyl (C=O) groups is 1. The van der Waals surface area contributed by atoms with E-state index >= 15 is 0 Å². The van der Waals surface area contributed by atoms with Crippen molar-refractivity contribution in [3.8, 4) is 0 Å². The van der Waals surface area contributed by atoms with Crippen molar-refractivity contribution in [3.05, 3.63) is 36.9 Å². The van der Waals surface area contributed by atoms with Gasteiger partial charge in [-0.2, -0.15) is 0 Å². The van der Waals surface area contributed by atoms with Gasteiger partial charge in [0, 0.05) is 19.3 Å². The Hall–Kier alpha value is -1.75. The van der Waals surface area contributed by atoms with Crippen LogP contribution in [0.25, 0.3) is 0 Å². The number of hydrogen-bond acceptors (Lipinski definition) is 4. The van der Waals surface area contributed by atoms with E-state index in [9.17, 15) is 4.79 Å². The third kappa shape index (κ3) is 4.33. The summed E-state index contributed by atoms with van der Waals surface area (Å²) in [5, 5.41) is 8.68. The highest BCUT2D eigenvalue weighted by Crippen LogP contribution is 1.99. The van der Waals surface area contributed by atoms with Gasteiger partial charge in [0.1, 0.15) is 6.33 Å². The Bertz CT molecular complexity index is 327. The molecular weight excluding hydrogens is 194 g/mol. The molecule has 15 heavy (non-hydrogen) atoms. The van der Waals surface area contributed by atoms with Crippen LogP contribution in [0.2, 0.25) is 0 Å². The van der Waals surface area contributed by atoms with Crippen molar-refractivity contribution in [2.45, 2.75) is 6.54 Å². The fraction of sp³-hybridized carbons (Fsp3) is 0.300. The number of aliphatic carboxylic acids is 1. The highest BCUT2D eigenvalue weighted by Gasteiger charge is 2.08. The molecule has 0 unspecified atom stereocenters. The molecule has 0 atom stereocenters. The van der Waals surface area contributed by atoms with Gasteiger partial charge in [-0.05, 0) is 6.07 Å². The van der Waals surface area contributed by atoms with Crippen LogP contribution in [0.1, 0.15) is 5.69 Å². The quantitative estimate of drug-likeness (QED) is 0.690. The molecule has 0 radical (unpaired) electrons. The monoisotopic (exact) mass is 207 g/mol. The van der Waals surface area contributed by atoms with E-state index in [4.69, 9.17) is 5.11 Å². The molecule has 0 spiro atoms. The first kappa shape index (κ1) is 11.3. The van der Waals surface area contributed by atoms with Crippen LogP contribution in [0.4, 0.5) is 0 Å². The Morgan fingerprint density at radius 2 is 2.47 bits per heavy atom. The maximum Gasteiger partial charge on any atom is 0.317 e. The molecule has 0 saturated carbocycles. The minimum atomic E-state index is -0.856. The van der Waals surface area contributed by atoms with Crippen molar-refractivity contribution in [2.24, 2.45) is 0 Å². The molecule has 5 nitrogen and oxygen atoms in total. The van der Waals surface area contributed by atoms with E-state index in [0.717, 1.165) is 5.69 Å². The first-order chi connectivity index (χ1) is 7.22. The Kier molecular flexibility index (Phi) is 4.43. The lowest BCUT2D eigenvalue weighted by atomic mass is 10.3. The molecule has 1 heterocycles. The van der Waals surface area contributed by atoms with Crippen molar-refractivity contribution >= 4 is 5.97 Å². The van der Waals surface area contributed by atoms with Crippen LogP contribution >= 0.6 is 0 Å². The second kappa shape index (κ2) is 5.87. The van der Waals surface area contributed by atoms with Crippen LogP contribution in [0.5, 0.6) is 0 Å². The molecular formula is C10H13N3O2. The zero-order chi connectivity index (χ0) is 11.1. The van der Waals surface area contributed by atoms with Crippen LogP contribution in [-0.2, 0) is 11.3 Å². The summed E-state index contributed by atoms with van der Waals surface area (Å²) in [6.07, 6.45) is 4.75. The van der Waals surface area contributed by atoms with Gasteiger partial charge in [0.2, 0.25) is 0 Å². The predicted octanol–water partition coefficient (Wildman–Crippen LogP) is 0.549. The minimum Gasteiger partial charge on any atom is -0.480 e. The molecule has 0 aliphatic rings. The number of nitrogens with zero attached hydrogens (tertiary/aromatic N) is 3. The van der Waals surface area contributed by atoms with Gasteiger partial charge in [-0.25, -0.2) is 9.97 Å². The van der Waals surface area contributed by atoms with Gasteiger partial charge in [-0.1, -0.05) is 6.08 Å². The van der Waals surface area contributed by atoms with Crippen LogP contribution in [0.15, 0.2) is 31.2 Å². The second-order valence-electron chi connectivity index (χ2n) is 3.05. The van der Waals surface area contributed by atoms with Crippen LogP contribution in [0.3, 0.4) is 0 Å². The zero-order valence-electron chi connectivity index (χ0n) is 8.33. The third-order valence-corrected chi connectivity index (χ3v) is 1.77. The average molecular weight is 207 g/mol. The molecule has 0 aliphatic heterocycles. The molecule has 0 amide bonds. The van der Waals surface area contributed by atoms with Crippen molar-refractivity contribution in [1.82, 2.24) is 14.9 Å². The van der Waals surface area contributed by atoms with E-state index in [-0.39, 0.29) is 6.54 Å². The Balaban J connectivity index is 2.58.